The van der Waals surface area contributed by atoms with E-state index < -0.39 is 23.8 Å². The summed E-state index contributed by atoms with van der Waals surface area (Å²) < 4.78 is 29.3. The zero-order valence-electron chi connectivity index (χ0n) is 14.1. The number of rotatable bonds is 3. The first kappa shape index (κ1) is 16.6. The zero-order chi connectivity index (χ0) is 18.3. The lowest BCUT2D eigenvalue weighted by molar-refractivity contribution is -0.125. The third-order valence-corrected chi connectivity index (χ3v) is 4.81. The van der Waals surface area contributed by atoms with Gasteiger partial charge in [0.15, 0.2) is 11.6 Å². The molecule has 0 saturated heterocycles. The number of aromatic nitrogens is 2. The minimum atomic E-state index is -0.889. The quantitative estimate of drug-likeness (QED) is 0.897. The topological polar surface area (TPSA) is 65.8 Å². The molecular weight excluding hydrogens is 342 g/mol. The van der Waals surface area contributed by atoms with Crippen molar-refractivity contribution in [2.24, 2.45) is 4.99 Å². The van der Waals surface area contributed by atoms with E-state index in [1.54, 1.807) is 33.9 Å². The van der Waals surface area contributed by atoms with Gasteiger partial charge in [-0.2, -0.15) is 10.1 Å². The fourth-order valence-electron chi connectivity index (χ4n) is 3.44. The summed E-state index contributed by atoms with van der Waals surface area (Å²) in [6, 6.07) is 5.37. The van der Waals surface area contributed by atoms with Crippen molar-refractivity contribution in [1.82, 2.24) is 20.2 Å². The Morgan fingerprint density at radius 1 is 1.31 bits per heavy atom. The van der Waals surface area contributed by atoms with Crippen molar-refractivity contribution in [2.75, 3.05) is 11.9 Å². The number of carbonyl (C=O) groups is 1. The summed E-state index contributed by atoms with van der Waals surface area (Å²) in [6.45, 7) is 0.572. The van der Waals surface area contributed by atoms with E-state index in [0.717, 1.165) is 11.9 Å². The molecular formula is C17H18F2N6O. The molecule has 0 saturated carbocycles. The molecule has 9 heteroatoms. The predicted octanol–water partition coefficient (Wildman–Crippen LogP) is 1.31. The van der Waals surface area contributed by atoms with E-state index in [1.165, 1.54) is 18.5 Å². The molecule has 1 aromatic carbocycles. The van der Waals surface area contributed by atoms with Crippen LogP contribution in [0.3, 0.4) is 0 Å². The number of hydrogen-bond donors (Lipinski definition) is 1. The van der Waals surface area contributed by atoms with Crippen molar-refractivity contribution in [1.29, 1.82) is 0 Å². The molecule has 0 spiro atoms. The molecule has 0 aliphatic carbocycles. The number of nitrogens with one attached hydrogen (secondary N) is 1. The fourth-order valence-corrected chi connectivity index (χ4v) is 3.44. The normalized spacial score (nSPS) is 23.0. The maximum Gasteiger partial charge on any atom is 0.247 e. The second-order valence-corrected chi connectivity index (χ2v) is 6.33. The summed E-state index contributed by atoms with van der Waals surface area (Å²) in [5.74, 6) is -1.14. The van der Waals surface area contributed by atoms with Crippen LogP contribution in [-0.2, 0) is 17.8 Å². The molecule has 4 rings (SSSR count). The molecule has 0 radical (unpaired) electrons. The van der Waals surface area contributed by atoms with Gasteiger partial charge in [-0.05, 0) is 18.1 Å². The smallest absolute Gasteiger partial charge is 0.247 e. The number of amides is 1. The number of aliphatic imine (C=N–C) groups is 1. The molecule has 0 fully saturated rings. The standard InChI is InChI=1S/C17H18F2N6O/c1-23-15-5-7-21-24(15)8-6-13(17(23)26)25-14(20-10-22-25)9-11-3-2-4-12(18)16(11)19/h2-5,7,10,13-14H,6,8-9H2,1H3,(H,20,22). The van der Waals surface area contributed by atoms with Crippen molar-refractivity contribution in [3.05, 3.63) is 47.7 Å². The van der Waals surface area contributed by atoms with Gasteiger partial charge in [-0.15, -0.1) is 0 Å². The van der Waals surface area contributed by atoms with E-state index in [9.17, 15) is 13.6 Å². The van der Waals surface area contributed by atoms with Gasteiger partial charge in [0.2, 0.25) is 5.91 Å². The second-order valence-electron chi connectivity index (χ2n) is 6.33. The molecule has 2 aliphatic rings. The van der Waals surface area contributed by atoms with E-state index in [4.69, 9.17) is 0 Å². The van der Waals surface area contributed by atoms with Crippen LogP contribution in [0.25, 0.3) is 0 Å². The molecule has 1 aromatic heterocycles. The summed E-state index contributed by atoms with van der Waals surface area (Å²) in [5, 5.41) is 5.94. The number of hydrogen-bond acceptors (Lipinski definition) is 5. The Morgan fingerprint density at radius 3 is 3.00 bits per heavy atom. The van der Waals surface area contributed by atoms with Crippen molar-refractivity contribution in [2.45, 2.75) is 31.6 Å². The number of nitrogens with zero attached hydrogens (tertiary/aromatic N) is 5. The van der Waals surface area contributed by atoms with E-state index in [-0.39, 0.29) is 17.9 Å². The van der Waals surface area contributed by atoms with Crippen LogP contribution < -0.4 is 10.3 Å². The number of anilines is 1. The van der Waals surface area contributed by atoms with Crippen LogP contribution in [0.1, 0.15) is 12.0 Å². The largest absolute Gasteiger partial charge is 0.307 e. The lowest BCUT2D eigenvalue weighted by Gasteiger charge is -2.31. The van der Waals surface area contributed by atoms with Crippen LogP contribution in [0, 0.1) is 11.6 Å². The molecule has 1 N–H and O–H groups in total. The third kappa shape index (κ3) is 2.74. The van der Waals surface area contributed by atoms with E-state index >= 15 is 0 Å². The van der Waals surface area contributed by atoms with Crippen molar-refractivity contribution < 1.29 is 13.6 Å². The first-order valence-corrected chi connectivity index (χ1v) is 8.34. The highest BCUT2D eigenvalue weighted by atomic mass is 19.2. The van der Waals surface area contributed by atoms with Gasteiger partial charge in [0.1, 0.15) is 18.0 Å². The highest BCUT2D eigenvalue weighted by molar-refractivity contribution is 5.96. The lowest BCUT2D eigenvalue weighted by Crippen LogP contribution is -2.54. The van der Waals surface area contributed by atoms with Crippen LogP contribution in [0.2, 0.25) is 0 Å². The highest BCUT2D eigenvalue weighted by Gasteiger charge is 2.38. The van der Waals surface area contributed by atoms with Gasteiger partial charge in [-0.1, -0.05) is 12.1 Å². The van der Waals surface area contributed by atoms with Gasteiger partial charge in [-0.25, -0.2) is 13.5 Å². The van der Waals surface area contributed by atoms with Crippen molar-refractivity contribution in [3.63, 3.8) is 0 Å². The maximum atomic E-state index is 14.0. The Bertz CT molecular complexity index is 867. The number of fused-ring (bicyclic) bond motifs is 1. The van der Waals surface area contributed by atoms with Gasteiger partial charge in [0.25, 0.3) is 0 Å². The van der Waals surface area contributed by atoms with E-state index in [2.05, 4.69) is 15.5 Å². The molecule has 3 heterocycles. The molecule has 26 heavy (non-hydrogen) atoms. The van der Waals surface area contributed by atoms with Crippen molar-refractivity contribution >= 4 is 18.1 Å². The second kappa shape index (κ2) is 6.49. The number of halogens is 2. The number of carbonyl (C=O) groups excluding carboxylic acids is 1. The summed E-state index contributed by atoms with van der Waals surface area (Å²) in [7, 11) is 1.70. The maximum absolute atomic E-state index is 14.0. The number of aryl methyl sites for hydroxylation is 1. The zero-order valence-corrected chi connectivity index (χ0v) is 14.1. The molecule has 136 valence electrons. The fraction of sp³-hybridized carbons (Fsp3) is 0.353. The third-order valence-electron chi connectivity index (χ3n) is 4.81. The van der Waals surface area contributed by atoms with Crippen LogP contribution >= 0.6 is 0 Å². The monoisotopic (exact) mass is 360 g/mol. The Kier molecular flexibility index (Phi) is 4.15. The van der Waals surface area contributed by atoms with Crippen LogP contribution in [-0.4, -0.2) is 46.3 Å². The van der Waals surface area contributed by atoms with Gasteiger partial charge in [0, 0.05) is 26.1 Å². The minimum absolute atomic E-state index is 0.105. The molecule has 0 bridgehead atoms. The summed E-state index contributed by atoms with van der Waals surface area (Å²) in [6.07, 6.45) is 3.32. The number of benzene rings is 1. The molecule has 1 amide bonds. The summed E-state index contributed by atoms with van der Waals surface area (Å²) >= 11 is 0. The Morgan fingerprint density at radius 2 is 2.15 bits per heavy atom. The van der Waals surface area contributed by atoms with Crippen LogP contribution in [0.5, 0.6) is 0 Å². The minimum Gasteiger partial charge on any atom is -0.307 e. The Hall–Kier alpha value is -2.81. The summed E-state index contributed by atoms with van der Waals surface area (Å²) in [5.41, 5.74) is 3.20. The lowest BCUT2D eigenvalue weighted by atomic mass is 10.1. The molecule has 2 unspecified atom stereocenters. The SMILES string of the molecule is CN1C(=O)C(N2NC=NC2Cc2cccc(F)c2F)CCn2nccc21. The molecule has 2 atom stereocenters. The predicted molar refractivity (Wildman–Crippen MR) is 91.4 cm³/mol. The Balaban J connectivity index is 1.56. The highest BCUT2D eigenvalue weighted by Crippen LogP contribution is 2.25. The van der Waals surface area contributed by atoms with Gasteiger partial charge in [0.05, 0.1) is 12.5 Å². The van der Waals surface area contributed by atoms with Gasteiger partial charge < -0.3 is 5.43 Å². The number of likely N-dealkylation sites (N-methyl/N-ethyl adjacent to an activating group) is 1. The van der Waals surface area contributed by atoms with Gasteiger partial charge in [-0.3, -0.25) is 14.7 Å². The first-order chi connectivity index (χ1) is 12.6. The summed E-state index contributed by atoms with van der Waals surface area (Å²) in [4.78, 5) is 18.8. The molecule has 7 nitrogen and oxygen atoms in total. The van der Waals surface area contributed by atoms with E-state index in [1.807, 2.05) is 0 Å². The van der Waals surface area contributed by atoms with Crippen LogP contribution in [0.15, 0.2) is 35.5 Å². The first-order valence-electron chi connectivity index (χ1n) is 8.34. The average Bonchev–Trinajstić information content (AvgIpc) is 3.26. The Labute approximate surface area is 148 Å². The molecule has 2 aromatic rings. The van der Waals surface area contributed by atoms with E-state index in [0.29, 0.717) is 13.0 Å². The van der Waals surface area contributed by atoms with Crippen molar-refractivity contribution in [3.8, 4) is 0 Å². The van der Waals surface area contributed by atoms with Gasteiger partial charge >= 0.3 is 0 Å². The van der Waals surface area contributed by atoms with Crippen LogP contribution in [0.4, 0.5) is 14.6 Å². The molecule has 2 aliphatic heterocycles. The number of hydrazine groups is 1. The average molecular weight is 360 g/mol.